The highest BCUT2D eigenvalue weighted by atomic mass is 19.4. The Morgan fingerprint density at radius 3 is 2.26 bits per heavy atom. The van der Waals surface area contributed by atoms with Crippen molar-refractivity contribution in [3.8, 4) is 0 Å². The number of nitrogens with two attached hydrogens (primary N) is 1. The van der Waals surface area contributed by atoms with Gasteiger partial charge in [-0.2, -0.15) is 26.3 Å². The van der Waals surface area contributed by atoms with Gasteiger partial charge in [0.1, 0.15) is 5.82 Å². The number of morpholine rings is 1. The number of ether oxygens (including phenoxy) is 1. The minimum Gasteiger partial charge on any atom is -0.379 e. The number of nitrogens with zero attached hydrogens (tertiary/aromatic N) is 2. The standard InChI is InChI=1S/C19H23F6N5O/c20-17(21,22)13-10-14(18(23,24)25)12-15(11-13)19(26)28-4-2-16(29-19)27-3-1-5-30-6-8-31-9-7-30/h2,4,10-12,27,29H,1,3,5-9,26H2. The van der Waals surface area contributed by atoms with Gasteiger partial charge in [-0.3, -0.25) is 10.6 Å². The van der Waals surface area contributed by atoms with Gasteiger partial charge >= 0.3 is 12.4 Å². The summed E-state index contributed by atoms with van der Waals surface area (Å²) in [4.78, 5) is 6.14. The highest BCUT2D eigenvalue weighted by molar-refractivity contribution is 5.73. The van der Waals surface area contributed by atoms with Crippen LogP contribution in [0.15, 0.2) is 35.1 Å². The first-order valence-corrected chi connectivity index (χ1v) is 9.64. The summed E-state index contributed by atoms with van der Waals surface area (Å²) >= 11 is 0. The predicted molar refractivity (Wildman–Crippen MR) is 102 cm³/mol. The molecule has 0 saturated carbocycles. The van der Waals surface area contributed by atoms with Crippen LogP contribution < -0.4 is 16.4 Å². The van der Waals surface area contributed by atoms with E-state index < -0.39 is 34.8 Å². The molecule has 1 unspecified atom stereocenters. The van der Waals surface area contributed by atoms with Gasteiger partial charge < -0.3 is 15.4 Å². The maximum atomic E-state index is 13.2. The summed E-state index contributed by atoms with van der Waals surface area (Å²) in [5.41, 5.74) is 2.72. The molecule has 0 aliphatic carbocycles. The lowest BCUT2D eigenvalue weighted by molar-refractivity contribution is -0.143. The summed E-state index contributed by atoms with van der Waals surface area (Å²) in [6.45, 7) is 4.41. The van der Waals surface area contributed by atoms with E-state index in [1.165, 1.54) is 12.3 Å². The van der Waals surface area contributed by atoms with Crippen LogP contribution in [0.4, 0.5) is 26.3 Å². The van der Waals surface area contributed by atoms with Gasteiger partial charge in [-0.25, -0.2) is 4.99 Å². The van der Waals surface area contributed by atoms with Crippen molar-refractivity contribution in [1.82, 2.24) is 15.5 Å². The third-order valence-electron chi connectivity index (χ3n) is 4.94. The summed E-state index contributed by atoms with van der Waals surface area (Å²) in [5.74, 6) is -1.63. The quantitative estimate of drug-likeness (QED) is 0.458. The second kappa shape index (κ2) is 9.05. The molecule has 31 heavy (non-hydrogen) atoms. The second-order valence-corrected chi connectivity index (χ2v) is 7.28. The molecule has 2 aliphatic rings. The first-order valence-electron chi connectivity index (χ1n) is 9.64. The second-order valence-electron chi connectivity index (χ2n) is 7.28. The Kier molecular flexibility index (Phi) is 6.82. The number of benzene rings is 1. The van der Waals surface area contributed by atoms with Crippen LogP contribution in [-0.4, -0.2) is 50.5 Å². The SMILES string of the molecule is NC1(c2cc(C(F)(F)F)cc(C(F)(F)F)c2)N=CC=C(NCCCN2CCOCC2)N1. The number of hydrogen-bond donors (Lipinski definition) is 3. The van der Waals surface area contributed by atoms with Crippen LogP contribution in [0.5, 0.6) is 0 Å². The molecule has 0 amide bonds. The summed E-state index contributed by atoms with van der Waals surface area (Å²) < 4.78 is 84.2. The maximum Gasteiger partial charge on any atom is 0.416 e. The molecule has 4 N–H and O–H groups in total. The highest BCUT2D eigenvalue weighted by Crippen LogP contribution is 2.38. The smallest absolute Gasteiger partial charge is 0.379 e. The third-order valence-corrected chi connectivity index (χ3v) is 4.94. The van der Waals surface area contributed by atoms with Crippen LogP contribution in [-0.2, 0) is 22.9 Å². The summed E-state index contributed by atoms with van der Waals surface area (Å²) in [6, 6.07) is 1.20. The number of allylic oxidation sites excluding steroid dienone is 1. The van der Waals surface area contributed by atoms with E-state index in [1.807, 2.05) is 0 Å². The molecule has 0 radical (unpaired) electrons. The van der Waals surface area contributed by atoms with Crippen molar-refractivity contribution in [2.75, 3.05) is 39.4 Å². The van der Waals surface area contributed by atoms with Gasteiger partial charge in [-0.05, 0) is 37.2 Å². The van der Waals surface area contributed by atoms with E-state index in [0.717, 1.165) is 26.1 Å². The zero-order chi connectivity index (χ0) is 22.7. The lowest BCUT2D eigenvalue weighted by atomic mass is 9.99. The Morgan fingerprint density at radius 1 is 1.06 bits per heavy atom. The van der Waals surface area contributed by atoms with E-state index in [4.69, 9.17) is 10.5 Å². The maximum absolute atomic E-state index is 13.2. The van der Waals surface area contributed by atoms with E-state index in [-0.39, 0.29) is 6.07 Å². The summed E-state index contributed by atoms with van der Waals surface area (Å²) in [7, 11) is 0. The Morgan fingerprint density at radius 2 is 1.68 bits per heavy atom. The first kappa shape index (κ1) is 23.4. The normalized spacial score (nSPS) is 22.7. The number of halogens is 6. The Bertz CT molecular complexity index is 800. The van der Waals surface area contributed by atoms with Gasteiger partial charge in [0.05, 0.1) is 24.3 Å². The fraction of sp³-hybridized carbons (Fsp3) is 0.526. The number of aliphatic imine (C=N–C) groups is 1. The highest BCUT2D eigenvalue weighted by Gasteiger charge is 2.40. The van der Waals surface area contributed by atoms with Crippen molar-refractivity contribution in [2.24, 2.45) is 10.7 Å². The van der Waals surface area contributed by atoms with Gasteiger partial charge in [-0.15, -0.1) is 0 Å². The fourth-order valence-corrected chi connectivity index (χ4v) is 3.28. The van der Waals surface area contributed by atoms with Crippen LogP contribution >= 0.6 is 0 Å². The molecule has 1 saturated heterocycles. The molecular formula is C19H23F6N5O. The van der Waals surface area contributed by atoms with E-state index in [0.29, 0.717) is 37.7 Å². The molecular weight excluding hydrogens is 428 g/mol. The molecule has 2 heterocycles. The number of rotatable bonds is 6. The average molecular weight is 451 g/mol. The minimum atomic E-state index is -4.97. The van der Waals surface area contributed by atoms with Gasteiger partial charge in [0.25, 0.3) is 0 Å². The van der Waals surface area contributed by atoms with E-state index in [2.05, 4.69) is 20.5 Å². The number of alkyl halides is 6. The van der Waals surface area contributed by atoms with E-state index in [9.17, 15) is 26.3 Å². The van der Waals surface area contributed by atoms with E-state index >= 15 is 0 Å². The minimum absolute atomic E-state index is 0.0556. The first-order chi connectivity index (χ1) is 14.5. The molecule has 12 heteroatoms. The largest absolute Gasteiger partial charge is 0.416 e. The molecule has 6 nitrogen and oxygen atoms in total. The zero-order valence-corrected chi connectivity index (χ0v) is 16.5. The lowest BCUT2D eigenvalue weighted by Crippen LogP contribution is -2.52. The van der Waals surface area contributed by atoms with Crippen molar-refractivity contribution in [3.05, 3.63) is 46.8 Å². The van der Waals surface area contributed by atoms with Crippen LogP contribution in [0.3, 0.4) is 0 Å². The molecule has 1 fully saturated rings. The molecule has 1 aromatic rings. The number of nitrogens with one attached hydrogen (secondary N) is 2. The zero-order valence-electron chi connectivity index (χ0n) is 16.5. The van der Waals surface area contributed by atoms with Crippen LogP contribution in [0.1, 0.15) is 23.1 Å². The molecule has 1 aromatic carbocycles. The topological polar surface area (TPSA) is 74.9 Å². The molecule has 0 bridgehead atoms. The van der Waals surface area contributed by atoms with Crippen molar-refractivity contribution in [2.45, 2.75) is 24.6 Å². The summed E-state index contributed by atoms with van der Waals surface area (Å²) in [6.07, 6.45) is -6.41. The van der Waals surface area contributed by atoms with Crippen molar-refractivity contribution >= 4 is 6.21 Å². The average Bonchev–Trinajstić information content (AvgIpc) is 2.70. The van der Waals surface area contributed by atoms with Gasteiger partial charge in [-0.1, -0.05) is 0 Å². The molecule has 0 aromatic heterocycles. The molecule has 2 aliphatic heterocycles. The van der Waals surface area contributed by atoms with Crippen molar-refractivity contribution in [3.63, 3.8) is 0 Å². The molecule has 3 rings (SSSR count). The van der Waals surface area contributed by atoms with Crippen LogP contribution in [0, 0.1) is 0 Å². The monoisotopic (exact) mass is 451 g/mol. The fourth-order valence-electron chi connectivity index (χ4n) is 3.28. The Labute approximate surface area is 175 Å². The summed E-state index contributed by atoms with van der Waals surface area (Å²) in [5, 5.41) is 5.76. The van der Waals surface area contributed by atoms with Gasteiger partial charge in [0, 0.05) is 31.4 Å². The Hall–Kier alpha value is -2.31. The predicted octanol–water partition coefficient (Wildman–Crippen LogP) is 2.62. The van der Waals surface area contributed by atoms with Gasteiger partial charge in [0.2, 0.25) is 5.79 Å². The molecule has 0 spiro atoms. The lowest BCUT2D eigenvalue weighted by Gasteiger charge is -2.33. The van der Waals surface area contributed by atoms with E-state index in [1.54, 1.807) is 0 Å². The molecule has 1 atom stereocenters. The van der Waals surface area contributed by atoms with Crippen molar-refractivity contribution in [1.29, 1.82) is 0 Å². The third kappa shape index (κ3) is 6.11. The molecule has 172 valence electrons. The number of hydrogen-bond acceptors (Lipinski definition) is 6. The van der Waals surface area contributed by atoms with Crippen molar-refractivity contribution < 1.29 is 31.1 Å². The van der Waals surface area contributed by atoms with Crippen LogP contribution in [0.25, 0.3) is 0 Å². The Balaban J connectivity index is 1.69. The van der Waals surface area contributed by atoms with Gasteiger partial charge in [0.15, 0.2) is 0 Å². The van der Waals surface area contributed by atoms with Crippen LogP contribution in [0.2, 0.25) is 0 Å².